The van der Waals surface area contributed by atoms with E-state index >= 15 is 0 Å². The molecule has 10 heteroatoms. The van der Waals surface area contributed by atoms with Crippen molar-refractivity contribution in [3.8, 4) is 28.3 Å². The van der Waals surface area contributed by atoms with E-state index in [-0.39, 0.29) is 11.9 Å². The van der Waals surface area contributed by atoms with Gasteiger partial charge in [0.2, 0.25) is 5.82 Å². The summed E-state index contributed by atoms with van der Waals surface area (Å²) in [5.74, 6) is 0.463. The molecule has 0 radical (unpaired) electrons. The second-order valence-electron chi connectivity index (χ2n) is 9.22. The summed E-state index contributed by atoms with van der Waals surface area (Å²) >= 11 is 12.7. The maximum absolute atomic E-state index is 13.6. The normalized spacial score (nSPS) is 14.2. The summed E-state index contributed by atoms with van der Waals surface area (Å²) in [6, 6.07) is 13.3. The van der Waals surface area contributed by atoms with Crippen LogP contribution in [0.1, 0.15) is 48.2 Å². The number of rotatable bonds is 5. The zero-order valence-corrected chi connectivity index (χ0v) is 22.0. The molecule has 4 aromatic rings. The molecule has 0 unspecified atom stereocenters. The Bertz CT molecular complexity index is 1400. The number of halogens is 2. The Balaban J connectivity index is 1.60. The molecule has 0 aliphatic heterocycles. The molecule has 186 valence electrons. The SMILES string of the molecule is Cc1c(C(=O)N(C)C2CCCCC2)nn(-c2ccc(Cl)cc2Cl)c1-c1ccc(-c2nnn(C)n2)cc1. The minimum absolute atomic E-state index is 0.0788. The van der Waals surface area contributed by atoms with E-state index in [0.717, 1.165) is 48.1 Å². The van der Waals surface area contributed by atoms with Gasteiger partial charge in [-0.25, -0.2) is 4.68 Å². The van der Waals surface area contributed by atoms with Gasteiger partial charge in [0.25, 0.3) is 5.91 Å². The van der Waals surface area contributed by atoms with Crippen LogP contribution in [0.25, 0.3) is 28.3 Å². The predicted octanol–water partition coefficient (Wildman–Crippen LogP) is 5.75. The largest absolute Gasteiger partial charge is 0.337 e. The fraction of sp³-hybridized carbons (Fsp3) is 0.346. The van der Waals surface area contributed by atoms with Gasteiger partial charge in [-0.2, -0.15) is 9.90 Å². The molecule has 0 bridgehead atoms. The lowest BCUT2D eigenvalue weighted by atomic mass is 9.94. The molecular weight excluding hydrogens is 497 g/mol. The fourth-order valence-corrected chi connectivity index (χ4v) is 5.33. The third kappa shape index (κ3) is 4.63. The van der Waals surface area contributed by atoms with Gasteiger partial charge in [-0.05, 0) is 43.2 Å². The van der Waals surface area contributed by atoms with Gasteiger partial charge in [-0.15, -0.1) is 10.2 Å². The number of aryl methyl sites for hydroxylation is 1. The Morgan fingerprint density at radius 2 is 1.69 bits per heavy atom. The fourth-order valence-electron chi connectivity index (χ4n) is 4.84. The van der Waals surface area contributed by atoms with Gasteiger partial charge in [-0.3, -0.25) is 4.79 Å². The van der Waals surface area contributed by atoms with Gasteiger partial charge in [0.15, 0.2) is 5.69 Å². The van der Waals surface area contributed by atoms with Crippen molar-refractivity contribution in [2.24, 2.45) is 7.05 Å². The Labute approximate surface area is 219 Å². The highest BCUT2D eigenvalue weighted by Crippen LogP contribution is 2.34. The number of nitrogens with zero attached hydrogens (tertiary/aromatic N) is 7. The topological polar surface area (TPSA) is 81.7 Å². The molecular formula is C26H27Cl2N7O. The van der Waals surface area contributed by atoms with Gasteiger partial charge < -0.3 is 4.90 Å². The van der Waals surface area contributed by atoms with Gasteiger partial charge in [-0.1, -0.05) is 66.7 Å². The third-order valence-electron chi connectivity index (χ3n) is 6.83. The molecule has 2 heterocycles. The smallest absolute Gasteiger partial charge is 0.274 e. The van der Waals surface area contributed by atoms with Crippen LogP contribution in [-0.4, -0.2) is 53.9 Å². The summed E-state index contributed by atoms with van der Waals surface area (Å²) in [6.45, 7) is 1.93. The number of hydrogen-bond donors (Lipinski definition) is 0. The van der Waals surface area contributed by atoms with E-state index in [2.05, 4.69) is 15.4 Å². The summed E-state index contributed by atoms with van der Waals surface area (Å²) in [6.07, 6.45) is 5.57. The molecule has 1 aliphatic carbocycles. The summed E-state index contributed by atoms with van der Waals surface area (Å²) in [5, 5.41) is 18.1. The lowest BCUT2D eigenvalue weighted by molar-refractivity contribution is 0.0689. The lowest BCUT2D eigenvalue weighted by Crippen LogP contribution is -2.38. The lowest BCUT2D eigenvalue weighted by Gasteiger charge is -2.30. The Hall–Kier alpha value is -3.23. The van der Waals surface area contributed by atoms with Crippen LogP contribution in [0.3, 0.4) is 0 Å². The van der Waals surface area contributed by atoms with Gasteiger partial charge in [0.05, 0.1) is 23.5 Å². The van der Waals surface area contributed by atoms with Crippen LogP contribution in [-0.2, 0) is 7.05 Å². The predicted molar refractivity (Wildman–Crippen MR) is 141 cm³/mol. The molecule has 1 fully saturated rings. The highest BCUT2D eigenvalue weighted by Gasteiger charge is 2.29. The van der Waals surface area contributed by atoms with Crippen LogP contribution >= 0.6 is 23.2 Å². The molecule has 0 atom stereocenters. The third-order valence-corrected chi connectivity index (χ3v) is 7.37. The zero-order chi connectivity index (χ0) is 25.4. The van der Waals surface area contributed by atoms with E-state index in [4.69, 9.17) is 28.3 Å². The average Bonchev–Trinajstić information content (AvgIpc) is 3.47. The number of hydrogen-bond acceptors (Lipinski definition) is 5. The zero-order valence-electron chi connectivity index (χ0n) is 20.4. The minimum atomic E-state index is -0.0788. The number of aromatic nitrogens is 6. The average molecular weight is 524 g/mol. The Kier molecular flexibility index (Phi) is 6.81. The summed E-state index contributed by atoms with van der Waals surface area (Å²) in [4.78, 5) is 16.9. The second-order valence-corrected chi connectivity index (χ2v) is 10.1. The monoisotopic (exact) mass is 523 g/mol. The molecule has 0 spiro atoms. The number of carbonyl (C=O) groups excluding carboxylic acids is 1. The molecule has 0 saturated heterocycles. The molecule has 0 N–H and O–H groups in total. The first-order chi connectivity index (χ1) is 17.3. The molecule has 5 rings (SSSR count). The maximum Gasteiger partial charge on any atom is 0.274 e. The molecule has 1 aliphatic rings. The molecule has 2 aromatic carbocycles. The highest BCUT2D eigenvalue weighted by atomic mass is 35.5. The van der Waals surface area contributed by atoms with E-state index in [9.17, 15) is 4.79 Å². The van der Waals surface area contributed by atoms with Crippen LogP contribution in [0.4, 0.5) is 0 Å². The first kappa shape index (κ1) is 24.5. The quantitative estimate of drug-likeness (QED) is 0.332. The van der Waals surface area contributed by atoms with E-state index in [0.29, 0.717) is 27.3 Å². The minimum Gasteiger partial charge on any atom is -0.337 e. The van der Waals surface area contributed by atoms with Crippen molar-refractivity contribution in [2.75, 3.05) is 7.05 Å². The van der Waals surface area contributed by atoms with Crippen molar-refractivity contribution in [2.45, 2.75) is 45.1 Å². The number of amides is 1. The Morgan fingerprint density at radius 3 is 2.33 bits per heavy atom. The first-order valence-electron chi connectivity index (χ1n) is 12.0. The molecule has 1 saturated carbocycles. The summed E-state index contributed by atoms with van der Waals surface area (Å²) < 4.78 is 1.74. The van der Waals surface area contributed by atoms with Gasteiger partial charge >= 0.3 is 0 Å². The summed E-state index contributed by atoms with van der Waals surface area (Å²) in [5.41, 5.74) is 4.38. The molecule has 1 amide bonds. The molecule has 36 heavy (non-hydrogen) atoms. The molecule has 8 nitrogen and oxygen atoms in total. The van der Waals surface area contributed by atoms with Crippen LogP contribution in [0, 0.1) is 6.92 Å². The van der Waals surface area contributed by atoms with Crippen LogP contribution in [0.2, 0.25) is 10.0 Å². The van der Waals surface area contributed by atoms with E-state index in [1.807, 2.05) is 49.2 Å². The van der Waals surface area contributed by atoms with E-state index in [1.165, 1.54) is 11.2 Å². The first-order valence-corrected chi connectivity index (χ1v) is 12.8. The number of tetrazole rings is 1. The van der Waals surface area contributed by atoms with Crippen molar-refractivity contribution in [3.05, 3.63) is 63.8 Å². The van der Waals surface area contributed by atoms with Crippen LogP contribution < -0.4 is 0 Å². The van der Waals surface area contributed by atoms with Crippen molar-refractivity contribution < 1.29 is 4.79 Å². The maximum atomic E-state index is 13.6. The van der Waals surface area contributed by atoms with Gasteiger partial charge in [0.1, 0.15) is 0 Å². The Morgan fingerprint density at radius 1 is 1.00 bits per heavy atom. The van der Waals surface area contributed by atoms with E-state index in [1.54, 1.807) is 23.9 Å². The number of benzene rings is 2. The van der Waals surface area contributed by atoms with E-state index < -0.39 is 0 Å². The van der Waals surface area contributed by atoms with Crippen molar-refractivity contribution in [1.29, 1.82) is 0 Å². The van der Waals surface area contributed by atoms with Crippen molar-refractivity contribution >= 4 is 29.1 Å². The van der Waals surface area contributed by atoms with Crippen LogP contribution in [0.15, 0.2) is 42.5 Å². The van der Waals surface area contributed by atoms with Crippen molar-refractivity contribution in [1.82, 2.24) is 34.9 Å². The standard InChI is InChI=1S/C26H27Cl2N7O/c1-16-23(26(36)33(2)20-7-5-4-6-8-20)30-35(22-14-13-19(27)15-21(22)28)24(16)17-9-11-18(12-10-17)25-29-32-34(3)31-25/h9-15,20H,4-8H2,1-3H3. The van der Waals surface area contributed by atoms with Crippen LogP contribution in [0.5, 0.6) is 0 Å². The molecule has 2 aromatic heterocycles. The highest BCUT2D eigenvalue weighted by molar-refractivity contribution is 6.35. The summed E-state index contributed by atoms with van der Waals surface area (Å²) in [7, 11) is 3.61. The second kappa shape index (κ2) is 10.0. The van der Waals surface area contributed by atoms with Crippen molar-refractivity contribution in [3.63, 3.8) is 0 Å². The number of carbonyl (C=O) groups is 1. The van der Waals surface area contributed by atoms with Gasteiger partial charge in [0, 0.05) is 34.8 Å².